The van der Waals surface area contributed by atoms with Gasteiger partial charge in [-0.25, -0.2) is 0 Å². The normalized spacial score (nSPS) is 17.1. The summed E-state index contributed by atoms with van der Waals surface area (Å²) in [7, 11) is 0. The van der Waals surface area contributed by atoms with Crippen LogP contribution in [0.2, 0.25) is 0 Å². The van der Waals surface area contributed by atoms with Crippen LogP contribution in [0, 0.1) is 5.92 Å². The third-order valence-corrected chi connectivity index (χ3v) is 3.75. The molecule has 1 aromatic carbocycles. The lowest BCUT2D eigenvalue weighted by atomic mass is 9.90. The fourth-order valence-electron chi connectivity index (χ4n) is 2.18. The van der Waals surface area contributed by atoms with Crippen LogP contribution in [0.25, 0.3) is 0 Å². The van der Waals surface area contributed by atoms with E-state index in [1.165, 1.54) is 0 Å². The van der Waals surface area contributed by atoms with E-state index in [-0.39, 0.29) is 17.7 Å². The van der Waals surface area contributed by atoms with E-state index in [1.807, 2.05) is 13.8 Å². The number of amides is 2. The van der Waals surface area contributed by atoms with Crippen molar-refractivity contribution in [3.63, 3.8) is 0 Å². The maximum atomic E-state index is 12.4. The van der Waals surface area contributed by atoms with Crippen molar-refractivity contribution in [2.45, 2.75) is 32.2 Å². The number of carbonyl (C=O) groups excluding carboxylic acids is 2. The number of anilines is 2. The number of carbonyl (C=O) groups is 2. The second-order valence-electron chi connectivity index (χ2n) is 5.95. The molecule has 1 aliphatic heterocycles. The maximum absolute atomic E-state index is 12.4. The number of hydrogen-bond acceptors (Lipinski definition) is 4. The summed E-state index contributed by atoms with van der Waals surface area (Å²) in [4.78, 5) is 24.1. The first kappa shape index (κ1) is 16.5. The van der Waals surface area contributed by atoms with E-state index < -0.39 is 5.54 Å². The quantitative estimate of drug-likeness (QED) is 0.789. The molecule has 0 unspecified atom stereocenters. The van der Waals surface area contributed by atoms with Gasteiger partial charge in [-0.2, -0.15) is 0 Å². The zero-order valence-corrected chi connectivity index (χ0v) is 13.0. The molecule has 0 saturated carbocycles. The molecule has 0 bridgehead atoms. The molecule has 0 atom stereocenters. The zero-order valence-electron chi connectivity index (χ0n) is 13.0. The van der Waals surface area contributed by atoms with Crippen LogP contribution in [0.1, 0.15) is 26.7 Å². The Kier molecular flexibility index (Phi) is 5.15. The molecule has 0 aromatic heterocycles. The molecule has 4 N–H and O–H groups in total. The van der Waals surface area contributed by atoms with Crippen LogP contribution in [0.4, 0.5) is 11.4 Å². The molecule has 120 valence electrons. The van der Waals surface area contributed by atoms with E-state index >= 15 is 0 Å². The van der Waals surface area contributed by atoms with Crippen molar-refractivity contribution < 1.29 is 14.3 Å². The number of nitrogens with one attached hydrogen (secondary N) is 2. The van der Waals surface area contributed by atoms with Crippen molar-refractivity contribution in [2.75, 3.05) is 23.8 Å². The summed E-state index contributed by atoms with van der Waals surface area (Å²) in [6.07, 6.45) is 1.01. The van der Waals surface area contributed by atoms with Gasteiger partial charge in [0.15, 0.2) is 0 Å². The molecule has 1 saturated heterocycles. The van der Waals surface area contributed by atoms with Gasteiger partial charge >= 0.3 is 0 Å². The van der Waals surface area contributed by atoms with Crippen LogP contribution in [-0.4, -0.2) is 30.6 Å². The van der Waals surface area contributed by atoms with Crippen molar-refractivity contribution in [1.29, 1.82) is 0 Å². The highest BCUT2D eigenvalue weighted by Crippen LogP contribution is 2.22. The largest absolute Gasteiger partial charge is 0.381 e. The molecule has 1 aromatic rings. The van der Waals surface area contributed by atoms with Gasteiger partial charge in [0.05, 0.1) is 0 Å². The summed E-state index contributed by atoms with van der Waals surface area (Å²) in [6, 6.07) is 7.05. The molecule has 0 spiro atoms. The minimum absolute atomic E-state index is 0.0665. The molecular weight excluding hydrogens is 282 g/mol. The molecule has 22 heavy (non-hydrogen) atoms. The Morgan fingerprint density at radius 1 is 1.18 bits per heavy atom. The third-order valence-electron chi connectivity index (χ3n) is 3.75. The van der Waals surface area contributed by atoms with Gasteiger partial charge in [0, 0.05) is 30.5 Å². The Morgan fingerprint density at radius 2 is 1.77 bits per heavy atom. The first-order chi connectivity index (χ1) is 10.4. The number of nitrogens with two attached hydrogens (primary N) is 1. The van der Waals surface area contributed by atoms with Gasteiger partial charge < -0.3 is 21.1 Å². The van der Waals surface area contributed by atoms with Crippen LogP contribution >= 0.6 is 0 Å². The highest BCUT2D eigenvalue weighted by atomic mass is 16.5. The molecule has 2 amide bonds. The predicted octanol–water partition coefficient (Wildman–Crippen LogP) is 1.73. The van der Waals surface area contributed by atoms with Gasteiger partial charge in [0.1, 0.15) is 5.54 Å². The summed E-state index contributed by atoms with van der Waals surface area (Å²) < 4.78 is 5.24. The van der Waals surface area contributed by atoms with E-state index in [0.717, 1.165) is 0 Å². The van der Waals surface area contributed by atoms with E-state index in [9.17, 15) is 9.59 Å². The molecule has 2 rings (SSSR count). The second-order valence-corrected chi connectivity index (χ2v) is 5.95. The fraction of sp³-hybridized carbons (Fsp3) is 0.500. The van der Waals surface area contributed by atoms with Crippen molar-refractivity contribution in [3.8, 4) is 0 Å². The van der Waals surface area contributed by atoms with E-state index in [4.69, 9.17) is 10.5 Å². The Morgan fingerprint density at radius 3 is 2.36 bits per heavy atom. The summed E-state index contributed by atoms with van der Waals surface area (Å²) in [5.41, 5.74) is 6.52. The van der Waals surface area contributed by atoms with Crippen LogP contribution in [0.5, 0.6) is 0 Å². The second kappa shape index (κ2) is 6.89. The van der Waals surface area contributed by atoms with Gasteiger partial charge in [-0.3, -0.25) is 9.59 Å². The smallest absolute Gasteiger partial charge is 0.244 e. The topological polar surface area (TPSA) is 93.5 Å². The van der Waals surface area contributed by atoms with Gasteiger partial charge in [-0.15, -0.1) is 0 Å². The van der Waals surface area contributed by atoms with Crippen LogP contribution in [-0.2, 0) is 14.3 Å². The highest BCUT2D eigenvalue weighted by molar-refractivity contribution is 5.99. The average Bonchev–Trinajstić information content (AvgIpc) is 2.48. The summed E-state index contributed by atoms with van der Waals surface area (Å²) in [5, 5.41) is 5.63. The van der Waals surface area contributed by atoms with Gasteiger partial charge in [0.25, 0.3) is 0 Å². The van der Waals surface area contributed by atoms with Crippen molar-refractivity contribution in [1.82, 2.24) is 0 Å². The summed E-state index contributed by atoms with van der Waals surface area (Å²) in [5.74, 6) is -0.390. The average molecular weight is 305 g/mol. The lowest BCUT2D eigenvalue weighted by Crippen LogP contribution is -2.54. The summed E-state index contributed by atoms with van der Waals surface area (Å²) >= 11 is 0. The molecule has 1 heterocycles. The van der Waals surface area contributed by atoms with Crippen LogP contribution < -0.4 is 16.4 Å². The van der Waals surface area contributed by atoms with Crippen molar-refractivity contribution in [2.24, 2.45) is 11.7 Å². The molecule has 6 heteroatoms. The number of hydrogen-bond donors (Lipinski definition) is 3. The Bertz CT molecular complexity index is 551. The maximum Gasteiger partial charge on any atom is 0.244 e. The molecule has 0 radical (unpaired) electrons. The lowest BCUT2D eigenvalue weighted by molar-refractivity contribution is -0.124. The fourth-order valence-corrected chi connectivity index (χ4v) is 2.18. The minimum Gasteiger partial charge on any atom is -0.381 e. The molecular formula is C16H23N3O3. The summed E-state index contributed by atoms with van der Waals surface area (Å²) in [6.45, 7) is 4.64. The predicted molar refractivity (Wildman–Crippen MR) is 85.5 cm³/mol. The SMILES string of the molecule is CC(C)C(=O)Nc1cccc(NC(=O)C2(N)CCOCC2)c1. The molecule has 1 aliphatic rings. The standard InChI is InChI=1S/C16H23N3O3/c1-11(2)14(20)18-12-4-3-5-13(10-12)19-15(21)16(17)6-8-22-9-7-16/h3-5,10-11H,6-9,17H2,1-2H3,(H,18,20)(H,19,21). The van der Waals surface area contributed by atoms with Gasteiger partial charge in [-0.1, -0.05) is 19.9 Å². The van der Waals surface area contributed by atoms with Gasteiger partial charge in [0.2, 0.25) is 11.8 Å². The van der Waals surface area contributed by atoms with E-state index in [2.05, 4.69) is 10.6 Å². The third kappa shape index (κ3) is 4.05. The first-order valence-corrected chi connectivity index (χ1v) is 7.50. The minimum atomic E-state index is -0.893. The van der Waals surface area contributed by atoms with Crippen LogP contribution in [0.15, 0.2) is 24.3 Å². The Hall–Kier alpha value is -1.92. The number of benzene rings is 1. The zero-order chi connectivity index (χ0) is 16.2. The Labute approximate surface area is 130 Å². The number of rotatable bonds is 4. The first-order valence-electron chi connectivity index (χ1n) is 7.50. The lowest BCUT2D eigenvalue weighted by Gasteiger charge is -2.31. The molecule has 0 aliphatic carbocycles. The Balaban J connectivity index is 2.03. The number of ether oxygens (including phenoxy) is 1. The van der Waals surface area contributed by atoms with E-state index in [1.54, 1.807) is 24.3 Å². The van der Waals surface area contributed by atoms with Gasteiger partial charge in [-0.05, 0) is 31.0 Å². The monoisotopic (exact) mass is 305 g/mol. The van der Waals surface area contributed by atoms with Crippen LogP contribution in [0.3, 0.4) is 0 Å². The van der Waals surface area contributed by atoms with Crippen molar-refractivity contribution >= 4 is 23.2 Å². The molecule has 1 fully saturated rings. The van der Waals surface area contributed by atoms with E-state index in [0.29, 0.717) is 37.4 Å². The highest BCUT2D eigenvalue weighted by Gasteiger charge is 2.35. The van der Waals surface area contributed by atoms with Crippen molar-refractivity contribution in [3.05, 3.63) is 24.3 Å². The molecule has 6 nitrogen and oxygen atoms in total.